The van der Waals surface area contributed by atoms with E-state index in [9.17, 15) is 4.79 Å². The van der Waals surface area contributed by atoms with Crippen molar-refractivity contribution in [3.63, 3.8) is 0 Å². The van der Waals surface area contributed by atoms with E-state index >= 15 is 0 Å². The second-order valence-electron chi connectivity index (χ2n) is 5.28. The minimum Gasteiger partial charge on any atom is -0.497 e. The van der Waals surface area contributed by atoms with Crippen LogP contribution in [0.5, 0.6) is 11.5 Å². The molecule has 0 radical (unpaired) electrons. The van der Waals surface area contributed by atoms with Crippen LogP contribution < -0.4 is 9.47 Å². The smallest absolute Gasteiger partial charge is 0.343 e. The predicted molar refractivity (Wildman–Crippen MR) is 92.4 cm³/mol. The average molecular weight is 319 g/mol. The molecule has 1 heterocycles. The van der Waals surface area contributed by atoms with Crippen LogP contribution >= 0.6 is 0 Å². The van der Waals surface area contributed by atoms with Gasteiger partial charge in [0.25, 0.3) is 0 Å². The number of ether oxygens (including phenoxy) is 2. The maximum absolute atomic E-state index is 12.4. The molecule has 0 aliphatic heterocycles. The summed E-state index contributed by atoms with van der Waals surface area (Å²) in [6, 6.07) is 18.1. The molecule has 0 aliphatic carbocycles. The molecule has 0 N–H and O–H groups in total. The molecule has 24 heavy (non-hydrogen) atoms. The summed E-state index contributed by atoms with van der Waals surface area (Å²) >= 11 is 0. The van der Waals surface area contributed by atoms with Crippen molar-refractivity contribution in [2.75, 3.05) is 7.11 Å². The van der Waals surface area contributed by atoms with E-state index in [1.807, 2.05) is 37.3 Å². The van der Waals surface area contributed by atoms with Gasteiger partial charge in [-0.1, -0.05) is 18.2 Å². The lowest BCUT2D eigenvalue weighted by molar-refractivity contribution is 0.0735. The van der Waals surface area contributed by atoms with Crippen LogP contribution in [0.3, 0.4) is 0 Å². The predicted octanol–water partition coefficient (Wildman–Crippen LogP) is 4.28. The maximum atomic E-state index is 12.4. The molecule has 0 fully saturated rings. The van der Waals surface area contributed by atoms with E-state index in [-0.39, 0.29) is 0 Å². The molecular formula is C20H17NO3. The molecule has 3 aromatic rings. The fourth-order valence-electron chi connectivity index (χ4n) is 2.45. The molecule has 0 bridgehead atoms. The number of aryl methyl sites for hydroxylation is 1. The van der Waals surface area contributed by atoms with Gasteiger partial charge in [0, 0.05) is 11.8 Å². The van der Waals surface area contributed by atoms with Crippen LogP contribution in [0.1, 0.15) is 15.9 Å². The van der Waals surface area contributed by atoms with E-state index in [4.69, 9.17) is 9.47 Å². The molecule has 0 amide bonds. The zero-order valence-electron chi connectivity index (χ0n) is 13.5. The zero-order valence-corrected chi connectivity index (χ0v) is 13.5. The van der Waals surface area contributed by atoms with Gasteiger partial charge in [0.1, 0.15) is 11.5 Å². The topological polar surface area (TPSA) is 48.4 Å². The number of nitrogens with zero attached hydrogens (tertiary/aromatic N) is 1. The van der Waals surface area contributed by atoms with Gasteiger partial charge in [-0.3, -0.25) is 4.98 Å². The summed E-state index contributed by atoms with van der Waals surface area (Å²) in [5, 5.41) is 0. The summed E-state index contributed by atoms with van der Waals surface area (Å²) in [5.74, 6) is 0.770. The standard InChI is InChI=1S/C20H17NO3/c1-14-6-5-8-18(19(14)17-7-3-4-13-21-17)24-20(22)15-9-11-16(23-2)12-10-15/h3-13H,1-2H3. The summed E-state index contributed by atoms with van der Waals surface area (Å²) in [7, 11) is 1.58. The molecule has 0 unspecified atom stereocenters. The number of carbonyl (C=O) groups is 1. The molecule has 0 saturated carbocycles. The van der Waals surface area contributed by atoms with Gasteiger partial charge in [-0.15, -0.1) is 0 Å². The van der Waals surface area contributed by atoms with Gasteiger partial charge < -0.3 is 9.47 Å². The quantitative estimate of drug-likeness (QED) is 0.532. The SMILES string of the molecule is COc1ccc(C(=O)Oc2cccc(C)c2-c2ccccn2)cc1. The Balaban J connectivity index is 1.92. The summed E-state index contributed by atoms with van der Waals surface area (Å²) in [6.07, 6.45) is 1.72. The summed E-state index contributed by atoms with van der Waals surface area (Å²) < 4.78 is 10.7. The molecular weight excluding hydrogens is 302 g/mol. The van der Waals surface area contributed by atoms with Gasteiger partial charge >= 0.3 is 5.97 Å². The lowest BCUT2D eigenvalue weighted by Gasteiger charge is -2.12. The molecule has 3 rings (SSSR count). The Labute approximate surface area is 140 Å². The number of methoxy groups -OCH3 is 1. The van der Waals surface area contributed by atoms with Crippen molar-refractivity contribution in [1.82, 2.24) is 4.98 Å². The minimum absolute atomic E-state index is 0.416. The van der Waals surface area contributed by atoms with Crippen LogP contribution in [0.2, 0.25) is 0 Å². The Morgan fingerprint density at radius 2 is 1.75 bits per heavy atom. The van der Waals surface area contributed by atoms with Gasteiger partial charge in [-0.05, 0) is 55.0 Å². The Kier molecular flexibility index (Phi) is 4.57. The molecule has 0 atom stereocenters. The Bertz CT molecular complexity index is 843. The first kappa shape index (κ1) is 15.7. The summed E-state index contributed by atoms with van der Waals surface area (Å²) in [5.41, 5.74) is 3.05. The highest BCUT2D eigenvalue weighted by atomic mass is 16.5. The Hall–Kier alpha value is -3.14. The molecule has 120 valence electrons. The molecule has 0 aliphatic rings. The van der Waals surface area contributed by atoms with Crippen LogP contribution in [0.25, 0.3) is 11.3 Å². The largest absolute Gasteiger partial charge is 0.497 e. The van der Waals surface area contributed by atoms with E-state index < -0.39 is 5.97 Å². The van der Waals surface area contributed by atoms with E-state index in [2.05, 4.69) is 4.98 Å². The second-order valence-corrected chi connectivity index (χ2v) is 5.28. The molecule has 0 spiro atoms. The maximum Gasteiger partial charge on any atom is 0.343 e. The first-order valence-electron chi connectivity index (χ1n) is 7.56. The van der Waals surface area contributed by atoms with Gasteiger partial charge in [0.2, 0.25) is 0 Å². The average Bonchev–Trinajstić information content (AvgIpc) is 2.62. The Morgan fingerprint density at radius 3 is 2.42 bits per heavy atom. The normalized spacial score (nSPS) is 10.2. The summed E-state index contributed by atoms with van der Waals surface area (Å²) in [6.45, 7) is 1.97. The number of rotatable bonds is 4. The second kappa shape index (κ2) is 6.96. The highest BCUT2D eigenvalue weighted by molar-refractivity contribution is 5.92. The monoisotopic (exact) mass is 319 g/mol. The van der Waals surface area contributed by atoms with Crippen molar-refractivity contribution in [2.24, 2.45) is 0 Å². The number of esters is 1. The first-order valence-corrected chi connectivity index (χ1v) is 7.56. The van der Waals surface area contributed by atoms with Crippen molar-refractivity contribution in [2.45, 2.75) is 6.92 Å². The van der Waals surface area contributed by atoms with Crippen molar-refractivity contribution in [1.29, 1.82) is 0 Å². The molecule has 4 heteroatoms. The molecule has 2 aromatic carbocycles. The number of benzene rings is 2. The fraction of sp³-hybridized carbons (Fsp3) is 0.100. The third-order valence-corrected chi connectivity index (χ3v) is 3.68. The van der Waals surface area contributed by atoms with Crippen LogP contribution in [-0.4, -0.2) is 18.1 Å². The van der Waals surface area contributed by atoms with Crippen molar-refractivity contribution in [3.8, 4) is 22.8 Å². The number of pyridine rings is 1. The lowest BCUT2D eigenvalue weighted by atomic mass is 10.0. The first-order chi connectivity index (χ1) is 11.7. The zero-order chi connectivity index (χ0) is 16.9. The van der Waals surface area contributed by atoms with E-state index in [0.29, 0.717) is 17.1 Å². The number of carbonyl (C=O) groups excluding carboxylic acids is 1. The van der Waals surface area contributed by atoms with Crippen molar-refractivity contribution < 1.29 is 14.3 Å². The van der Waals surface area contributed by atoms with Gasteiger partial charge in [0.15, 0.2) is 0 Å². The van der Waals surface area contributed by atoms with Crippen LogP contribution in [0, 0.1) is 6.92 Å². The van der Waals surface area contributed by atoms with E-state index in [1.165, 1.54) is 0 Å². The van der Waals surface area contributed by atoms with E-state index in [1.54, 1.807) is 43.6 Å². The number of aromatic nitrogens is 1. The minimum atomic E-state index is -0.416. The van der Waals surface area contributed by atoms with Crippen LogP contribution in [0.4, 0.5) is 0 Å². The van der Waals surface area contributed by atoms with Gasteiger partial charge in [-0.25, -0.2) is 4.79 Å². The molecule has 4 nitrogen and oxygen atoms in total. The fourth-order valence-corrected chi connectivity index (χ4v) is 2.45. The highest BCUT2D eigenvalue weighted by Gasteiger charge is 2.15. The Morgan fingerprint density at radius 1 is 0.958 bits per heavy atom. The highest BCUT2D eigenvalue weighted by Crippen LogP contribution is 2.32. The number of hydrogen-bond donors (Lipinski definition) is 0. The molecule has 0 saturated heterocycles. The summed E-state index contributed by atoms with van der Waals surface area (Å²) in [4.78, 5) is 16.8. The molecule has 1 aromatic heterocycles. The van der Waals surface area contributed by atoms with E-state index in [0.717, 1.165) is 16.8 Å². The third kappa shape index (κ3) is 3.27. The third-order valence-electron chi connectivity index (χ3n) is 3.68. The van der Waals surface area contributed by atoms with Crippen LogP contribution in [0.15, 0.2) is 66.9 Å². The van der Waals surface area contributed by atoms with Crippen LogP contribution in [-0.2, 0) is 0 Å². The van der Waals surface area contributed by atoms with Crippen molar-refractivity contribution in [3.05, 3.63) is 78.0 Å². The lowest BCUT2D eigenvalue weighted by Crippen LogP contribution is -2.09. The van der Waals surface area contributed by atoms with Gasteiger partial charge in [0.05, 0.1) is 18.4 Å². The van der Waals surface area contributed by atoms with Gasteiger partial charge in [-0.2, -0.15) is 0 Å². The number of hydrogen-bond acceptors (Lipinski definition) is 4. The van der Waals surface area contributed by atoms with Crippen molar-refractivity contribution >= 4 is 5.97 Å².